The molecular weight excluding hydrogens is 442 g/mol. The van der Waals surface area contributed by atoms with Crippen LogP contribution in [0.25, 0.3) is 38.9 Å². The van der Waals surface area contributed by atoms with Gasteiger partial charge in [-0.25, -0.2) is 19.7 Å². The van der Waals surface area contributed by atoms with Crippen molar-refractivity contribution in [1.29, 1.82) is 0 Å². The van der Waals surface area contributed by atoms with Crippen LogP contribution in [0.2, 0.25) is 0 Å². The van der Waals surface area contributed by atoms with Gasteiger partial charge in [0.2, 0.25) is 0 Å². The van der Waals surface area contributed by atoms with Gasteiger partial charge >= 0.3 is 5.97 Å². The second-order valence-electron chi connectivity index (χ2n) is 9.08. The van der Waals surface area contributed by atoms with E-state index in [9.17, 15) is 9.59 Å². The number of fused-ring (bicyclic) bond motifs is 4. The maximum Gasteiger partial charge on any atom is 0.337 e. The van der Waals surface area contributed by atoms with Crippen LogP contribution in [-0.2, 0) is 4.74 Å². The topological polar surface area (TPSA) is 91.9 Å². The predicted octanol–water partition coefficient (Wildman–Crippen LogP) is 4.88. The lowest BCUT2D eigenvalue weighted by Crippen LogP contribution is -2.29. The Balaban J connectivity index is 1.69. The molecule has 1 aliphatic rings. The van der Waals surface area contributed by atoms with Crippen molar-refractivity contribution in [3.63, 3.8) is 0 Å². The number of nitrogens with zero attached hydrogens (tertiary/aromatic N) is 5. The van der Waals surface area contributed by atoms with Gasteiger partial charge in [-0.3, -0.25) is 13.9 Å². The van der Waals surface area contributed by atoms with Crippen molar-refractivity contribution in [3.05, 3.63) is 70.3 Å². The minimum absolute atomic E-state index is 0.0705. The van der Waals surface area contributed by atoms with E-state index < -0.39 is 5.97 Å². The van der Waals surface area contributed by atoms with Gasteiger partial charge in [0.05, 0.1) is 23.7 Å². The first-order valence-corrected chi connectivity index (χ1v) is 12.0. The summed E-state index contributed by atoms with van der Waals surface area (Å²) in [7, 11) is 1.36. The number of methoxy groups -OCH3 is 1. The molecule has 1 fully saturated rings. The molecule has 0 saturated heterocycles. The summed E-state index contributed by atoms with van der Waals surface area (Å²) in [4.78, 5) is 40.7. The molecule has 0 spiro atoms. The van der Waals surface area contributed by atoms with Crippen LogP contribution in [0.15, 0.2) is 53.3 Å². The van der Waals surface area contributed by atoms with Crippen LogP contribution in [0.5, 0.6) is 0 Å². The molecule has 0 aliphatic heterocycles. The van der Waals surface area contributed by atoms with E-state index in [1.165, 1.54) is 13.5 Å². The third kappa shape index (κ3) is 3.39. The molecule has 3 aromatic heterocycles. The van der Waals surface area contributed by atoms with E-state index in [1.54, 1.807) is 12.1 Å². The summed E-state index contributed by atoms with van der Waals surface area (Å²) in [6, 6.07) is 14.8. The Morgan fingerprint density at radius 3 is 2.29 bits per heavy atom. The second kappa shape index (κ2) is 8.30. The van der Waals surface area contributed by atoms with Crippen molar-refractivity contribution in [2.24, 2.45) is 0 Å². The molecule has 0 bridgehead atoms. The number of aromatic nitrogens is 5. The first-order chi connectivity index (χ1) is 17.1. The van der Waals surface area contributed by atoms with Gasteiger partial charge in [0, 0.05) is 11.7 Å². The van der Waals surface area contributed by atoms with Crippen molar-refractivity contribution >= 4 is 39.2 Å². The number of esters is 1. The zero-order chi connectivity index (χ0) is 24.1. The lowest BCUT2D eigenvalue weighted by atomic mass is 9.95. The van der Waals surface area contributed by atoms with E-state index in [1.807, 2.05) is 52.5 Å². The summed E-state index contributed by atoms with van der Waals surface area (Å²) >= 11 is 0. The summed E-state index contributed by atoms with van der Waals surface area (Å²) < 4.78 is 8.56. The molecule has 35 heavy (non-hydrogen) atoms. The number of aryl methyl sites for hydroxylation is 1. The molecule has 8 heteroatoms. The third-order valence-electron chi connectivity index (χ3n) is 6.97. The number of carbonyl (C=O) groups excluding carboxylic acids is 1. The molecule has 6 rings (SSSR count). The van der Waals surface area contributed by atoms with Crippen LogP contribution in [0.3, 0.4) is 0 Å². The van der Waals surface area contributed by atoms with E-state index in [2.05, 4.69) is 0 Å². The summed E-state index contributed by atoms with van der Waals surface area (Å²) in [6.45, 7) is 1.90. The van der Waals surface area contributed by atoms with Gasteiger partial charge in [-0.05, 0) is 56.2 Å². The molecule has 1 saturated carbocycles. The molecular formula is C27H25N5O3. The SMILES string of the molecule is COC(=O)c1ccc(-n2c3nc4ccccc4nc3c3c(=O)n(C4CCCCC4)c(C)nc32)cc1. The van der Waals surface area contributed by atoms with Crippen LogP contribution in [-0.4, -0.2) is 37.2 Å². The first kappa shape index (κ1) is 21.5. The highest BCUT2D eigenvalue weighted by atomic mass is 16.5. The molecule has 0 atom stereocenters. The zero-order valence-electron chi connectivity index (χ0n) is 19.7. The largest absolute Gasteiger partial charge is 0.465 e. The van der Waals surface area contributed by atoms with Crippen LogP contribution in [0.1, 0.15) is 54.3 Å². The van der Waals surface area contributed by atoms with Crippen LogP contribution in [0.4, 0.5) is 0 Å². The number of hydrogen-bond donors (Lipinski definition) is 0. The van der Waals surface area contributed by atoms with Gasteiger partial charge in [-0.2, -0.15) is 0 Å². The smallest absolute Gasteiger partial charge is 0.337 e. The molecule has 0 radical (unpaired) electrons. The van der Waals surface area contributed by atoms with Gasteiger partial charge < -0.3 is 4.74 Å². The molecule has 0 amide bonds. The lowest BCUT2D eigenvalue weighted by molar-refractivity contribution is 0.0600. The highest BCUT2D eigenvalue weighted by Crippen LogP contribution is 2.32. The number of benzene rings is 2. The van der Waals surface area contributed by atoms with Crippen molar-refractivity contribution in [2.45, 2.75) is 45.1 Å². The standard InChI is InChI=1S/C27H25N5O3/c1-16-28-24-22(26(33)31(16)18-8-4-3-5-9-18)23-25(30-21-11-7-6-10-20(21)29-23)32(24)19-14-12-17(13-15-19)27(34)35-2/h6-7,10-15,18H,3-5,8-9H2,1-2H3. The molecule has 3 heterocycles. The lowest BCUT2D eigenvalue weighted by Gasteiger charge is -2.25. The summed E-state index contributed by atoms with van der Waals surface area (Å²) in [6.07, 6.45) is 5.41. The summed E-state index contributed by atoms with van der Waals surface area (Å²) in [5.74, 6) is 0.281. The third-order valence-corrected chi connectivity index (χ3v) is 6.97. The molecule has 8 nitrogen and oxygen atoms in total. The van der Waals surface area contributed by atoms with Crippen molar-refractivity contribution in [1.82, 2.24) is 24.1 Å². The Morgan fingerprint density at radius 1 is 0.914 bits per heavy atom. The van der Waals surface area contributed by atoms with Crippen LogP contribution < -0.4 is 5.56 Å². The molecule has 2 aromatic carbocycles. The average molecular weight is 468 g/mol. The molecule has 1 aliphatic carbocycles. The number of para-hydroxylation sites is 2. The minimum atomic E-state index is -0.408. The Kier molecular flexibility index (Phi) is 5.09. The first-order valence-electron chi connectivity index (χ1n) is 12.0. The maximum atomic E-state index is 14.0. The fourth-order valence-corrected chi connectivity index (χ4v) is 5.29. The maximum absolute atomic E-state index is 14.0. The highest BCUT2D eigenvalue weighted by molar-refractivity contribution is 6.06. The monoisotopic (exact) mass is 467 g/mol. The molecule has 5 aromatic rings. The Labute approximate surface area is 201 Å². The second-order valence-corrected chi connectivity index (χ2v) is 9.08. The molecule has 0 unspecified atom stereocenters. The van der Waals surface area contributed by atoms with E-state index in [0.717, 1.165) is 42.4 Å². The van der Waals surface area contributed by atoms with E-state index in [0.29, 0.717) is 33.6 Å². The Morgan fingerprint density at radius 2 is 1.60 bits per heavy atom. The highest BCUT2D eigenvalue weighted by Gasteiger charge is 2.25. The fraction of sp³-hybridized carbons (Fsp3) is 0.296. The van der Waals surface area contributed by atoms with Crippen LogP contribution >= 0.6 is 0 Å². The number of carbonyl (C=O) groups is 1. The van der Waals surface area contributed by atoms with E-state index in [-0.39, 0.29) is 11.6 Å². The number of ether oxygens (including phenoxy) is 1. The van der Waals surface area contributed by atoms with Crippen molar-refractivity contribution < 1.29 is 9.53 Å². The quantitative estimate of drug-likeness (QED) is 0.351. The Bertz CT molecular complexity index is 1660. The van der Waals surface area contributed by atoms with E-state index in [4.69, 9.17) is 19.7 Å². The summed E-state index contributed by atoms with van der Waals surface area (Å²) in [5.41, 5.74) is 4.20. The normalized spacial score (nSPS) is 14.7. The van der Waals surface area contributed by atoms with Crippen LogP contribution in [0, 0.1) is 6.92 Å². The van der Waals surface area contributed by atoms with Crippen molar-refractivity contribution in [3.8, 4) is 5.69 Å². The van der Waals surface area contributed by atoms with Gasteiger partial charge in [-0.1, -0.05) is 31.4 Å². The number of rotatable bonds is 3. The minimum Gasteiger partial charge on any atom is -0.465 e. The Hall–Kier alpha value is -4.07. The molecule has 176 valence electrons. The van der Waals surface area contributed by atoms with E-state index >= 15 is 0 Å². The van der Waals surface area contributed by atoms with Crippen molar-refractivity contribution in [2.75, 3.05) is 7.11 Å². The number of hydrogen-bond acceptors (Lipinski definition) is 6. The van der Waals surface area contributed by atoms with Gasteiger partial charge in [0.15, 0.2) is 11.3 Å². The zero-order valence-corrected chi connectivity index (χ0v) is 19.7. The van der Waals surface area contributed by atoms with Gasteiger partial charge in [0.1, 0.15) is 16.7 Å². The summed E-state index contributed by atoms with van der Waals surface area (Å²) in [5, 5.41) is 0.478. The fourth-order valence-electron chi connectivity index (χ4n) is 5.29. The van der Waals surface area contributed by atoms with Gasteiger partial charge in [-0.15, -0.1) is 0 Å². The van der Waals surface area contributed by atoms with Gasteiger partial charge in [0.25, 0.3) is 5.56 Å². The average Bonchev–Trinajstić information content (AvgIpc) is 3.20. The molecule has 0 N–H and O–H groups in total. The predicted molar refractivity (Wildman–Crippen MR) is 134 cm³/mol.